The van der Waals surface area contributed by atoms with Crippen molar-refractivity contribution in [1.82, 2.24) is 0 Å². The SMILES string of the molecule is O=C(CCCCC(=O)Nc1ccc(B(O)O)cc1)Nc1ccc(B(O)O)cc1. The lowest BCUT2D eigenvalue weighted by atomic mass is 9.80. The second-order valence-corrected chi connectivity index (χ2v) is 6.29. The molecule has 2 rings (SSSR count). The lowest BCUT2D eigenvalue weighted by molar-refractivity contribution is -0.118. The highest BCUT2D eigenvalue weighted by Crippen LogP contribution is 2.09. The monoisotopic (exact) mass is 384 g/mol. The molecule has 2 amide bonds. The van der Waals surface area contributed by atoms with E-state index in [2.05, 4.69) is 10.6 Å². The second-order valence-electron chi connectivity index (χ2n) is 6.29. The van der Waals surface area contributed by atoms with Crippen LogP contribution in [0.15, 0.2) is 48.5 Å². The summed E-state index contributed by atoms with van der Waals surface area (Å²) in [6.45, 7) is 0. The number of anilines is 2. The molecule has 2 aromatic carbocycles. The number of rotatable bonds is 9. The van der Waals surface area contributed by atoms with Gasteiger partial charge in [0, 0.05) is 24.2 Å². The van der Waals surface area contributed by atoms with E-state index in [4.69, 9.17) is 20.1 Å². The van der Waals surface area contributed by atoms with E-state index in [1.807, 2.05) is 0 Å². The Morgan fingerprint density at radius 2 is 0.964 bits per heavy atom. The lowest BCUT2D eigenvalue weighted by Gasteiger charge is -2.07. The molecule has 0 unspecified atom stereocenters. The Hall–Kier alpha value is -2.65. The number of amides is 2. The van der Waals surface area contributed by atoms with Crippen LogP contribution in [0.5, 0.6) is 0 Å². The highest BCUT2D eigenvalue weighted by molar-refractivity contribution is 6.58. The quantitative estimate of drug-likeness (QED) is 0.247. The number of carbonyl (C=O) groups excluding carboxylic acids is 2. The highest BCUT2D eigenvalue weighted by atomic mass is 16.4. The molecule has 0 saturated heterocycles. The van der Waals surface area contributed by atoms with Crippen LogP contribution in [0.1, 0.15) is 25.7 Å². The molecule has 0 atom stereocenters. The van der Waals surface area contributed by atoms with Crippen molar-refractivity contribution in [3.8, 4) is 0 Å². The zero-order valence-corrected chi connectivity index (χ0v) is 15.2. The normalized spacial score (nSPS) is 10.3. The summed E-state index contributed by atoms with van der Waals surface area (Å²) < 4.78 is 0. The van der Waals surface area contributed by atoms with Crippen LogP contribution >= 0.6 is 0 Å². The molecule has 28 heavy (non-hydrogen) atoms. The van der Waals surface area contributed by atoms with Gasteiger partial charge in [0.15, 0.2) is 0 Å². The van der Waals surface area contributed by atoms with Gasteiger partial charge in [-0.2, -0.15) is 0 Å². The van der Waals surface area contributed by atoms with Crippen LogP contribution in [0.2, 0.25) is 0 Å². The summed E-state index contributed by atoms with van der Waals surface area (Å²) in [6, 6.07) is 12.4. The minimum absolute atomic E-state index is 0.184. The predicted octanol–water partition coefficient (Wildman–Crippen LogP) is -0.816. The maximum absolute atomic E-state index is 11.9. The number of unbranched alkanes of at least 4 members (excludes halogenated alkanes) is 1. The van der Waals surface area contributed by atoms with E-state index >= 15 is 0 Å². The zero-order chi connectivity index (χ0) is 20.5. The van der Waals surface area contributed by atoms with Crippen LogP contribution < -0.4 is 21.6 Å². The van der Waals surface area contributed by atoms with Gasteiger partial charge in [-0.25, -0.2) is 0 Å². The highest BCUT2D eigenvalue weighted by Gasteiger charge is 2.11. The van der Waals surface area contributed by atoms with E-state index in [0.717, 1.165) is 0 Å². The zero-order valence-electron chi connectivity index (χ0n) is 15.2. The Morgan fingerprint density at radius 3 is 1.25 bits per heavy atom. The molecule has 0 heterocycles. The molecule has 0 aliphatic rings. The summed E-state index contributed by atoms with van der Waals surface area (Å²) >= 11 is 0. The summed E-state index contributed by atoms with van der Waals surface area (Å²) in [5, 5.41) is 41.5. The van der Waals surface area contributed by atoms with Gasteiger partial charge in [0.1, 0.15) is 0 Å². The second kappa shape index (κ2) is 10.6. The summed E-state index contributed by atoms with van der Waals surface area (Å²) in [7, 11) is -3.09. The van der Waals surface area contributed by atoms with Crippen LogP contribution in [0.4, 0.5) is 11.4 Å². The van der Waals surface area contributed by atoms with Crippen molar-refractivity contribution in [2.45, 2.75) is 25.7 Å². The standard InChI is InChI=1S/C18H22B2N2O6/c23-17(21-15-9-5-13(6-10-15)19(25)26)3-1-2-4-18(24)22-16-11-7-14(8-12-16)20(27)28/h5-12,25-28H,1-4H2,(H,21,23)(H,22,24). The first kappa shape index (κ1) is 21.6. The first-order valence-electron chi connectivity index (χ1n) is 8.87. The Labute approximate surface area is 163 Å². The molecule has 0 aromatic heterocycles. The summed E-state index contributed by atoms with van der Waals surface area (Å²) in [5.41, 5.74) is 1.80. The van der Waals surface area contributed by atoms with E-state index < -0.39 is 14.2 Å². The van der Waals surface area contributed by atoms with Gasteiger partial charge in [-0.1, -0.05) is 24.3 Å². The van der Waals surface area contributed by atoms with E-state index in [1.165, 1.54) is 24.3 Å². The molecule has 0 aliphatic carbocycles. The molecular formula is C18H22B2N2O6. The van der Waals surface area contributed by atoms with Crippen LogP contribution in [0.3, 0.4) is 0 Å². The van der Waals surface area contributed by atoms with E-state index in [9.17, 15) is 9.59 Å². The van der Waals surface area contributed by atoms with Crippen molar-refractivity contribution in [2.24, 2.45) is 0 Å². The van der Waals surface area contributed by atoms with Gasteiger partial charge in [0.25, 0.3) is 0 Å². The molecule has 0 fully saturated rings. The molecule has 0 radical (unpaired) electrons. The Balaban J connectivity index is 1.65. The third-order valence-electron chi connectivity index (χ3n) is 4.04. The molecule has 8 nitrogen and oxygen atoms in total. The van der Waals surface area contributed by atoms with Gasteiger partial charge >= 0.3 is 14.2 Å². The van der Waals surface area contributed by atoms with Crippen molar-refractivity contribution in [1.29, 1.82) is 0 Å². The Bertz CT molecular complexity index is 714. The van der Waals surface area contributed by atoms with Crippen molar-refractivity contribution in [3.63, 3.8) is 0 Å². The van der Waals surface area contributed by atoms with E-state index in [1.54, 1.807) is 24.3 Å². The fourth-order valence-corrected chi connectivity index (χ4v) is 2.50. The van der Waals surface area contributed by atoms with Gasteiger partial charge in [-0.15, -0.1) is 0 Å². The van der Waals surface area contributed by atoms with Gasteiger partial charge in [-0.05, 0) is 48.0 Å². The maximum Gasteiger partial charge on any atom is 0.488 e. The van der Waals surface area contributed by atoms with Crippen molar-refractivity contribution < 1.29 is 29.7 Å². The average molecular weight is 384 g/mol. The third-order valence-corrected chi connectivity index (χ3v) is 4.04. The van der Waals surface area contributed by atoms with Crippen LogP contribution in [0.25, 0.3) is 0 Å². The molecule has 0 spiro atoms. The van der Waals surface area contributed by atoms with Crippen molar-refractivity contribution >= 4 is 48.4 Å². The van der Waals surface area contributed by atoms with Crippen LogP contribution in [0, 0.1) is 0 Å². The average Bonchev–Trinajstić information content (AvgIpc) is 2.66. The lowest BCUT2D eigenvalue weighted by Crippen LogP contribution is -2.29. The minimum Gasteiger partial charge on any atom is -0.423 e. The smallest absolute Gasteiger partial charge is 0.423 e. The largest absolute Gasteiger partial charge is 0.488 e. The maximum atomic E-state index is 11.9. The number of hydrogen-bond acceptors (Lipinski definition) is 6. The Morgan fingerprint density at radius 1 is 0.643 bits per heavy atom. The molecule has 0 aliphatic heterocycles. The van der Waals surface area contributed by atoms with Gasteiger partial charge in [0.05, 0.1) is 0 Å². The molecule has 146 valence electrons. The number of nitrogens with one attached hydrogen (secondary N) is 2. The number of benzene rings is 2. The molecule has 0 saturated carbocycles. The molecule has 10 heteroatoms. The molecule has 6 N–H and O–H groups in total. The molecule has 0 bridgehead atoms. The summed E-state index contributed by atoms with van der Waals surface area (Å²) in [6.07, 6.45) is 1.62. The summed E-state index contributed by atoms with van der Waals surface area (Å²) in [4.78, 5) is 23.8. The number of carbonyl (C=O) groups is 2. The van der Waals surface area contributed by atoms with E-state index in [-0.39, 0.29) is 24.7 Å². The fourth-order valence-electron chi connectivity index (χ4n) is 2.50. The van der Waals surface area contributed by atoms with Gasteiger partial charge in [-0.3, -0.25) is 9.59 Å². The first-order chi connectivity index (χ1) is 13.3. The third kappa shape index (κ3) is 7.16. The Kier molecular flexibility index (Phi) is 8.21. The predicted molar refractivity (Wildman–Crippen MR) is 108 cm³/mol. The molecule has 2 aromatic rings. The van der Waals surface area contributed by atoms with Gasteiger partial charge < -0.3 is 30.7 Å². The first-order valence-corrected chi connectivity index (χ1v) is 8.87. The van der Waals surface area contributed by atoms with Gasteiger partial charge in [0.2, 0.25) is 11.8 Å². The summed E-state index contributed by atoms with van der Waals surface area (Å²) in [5.74, 6) is -0.369. The number of hydrogen-bond donors (Lipinski definition) is 6. The minimum atomic E-state index is -1.55. The van der Waals surface area contributed by atoms with Crippen LogP contribution in [-0.2, 0) is 9.59 Å². The molecular weight excluding hydrogens is 362 g/mol. The van der Waals surface area contributed by atoms with Crippen LogP contribution in [-0.4, -0.2) is 46.1 Å². The fraction of sp³-hybridized carbons (Fsp3) is 0.222. The van der Waals surface area contributed by atoms with E-state index in [0.29, 0.717) is 35.1 Å². The van der Waals surface area contributed by atoms with Crippen molar-refractivity contribution in [3.05, 3.63) is 48.5 Å². The van der Waals surface area contributed by atoms with Crippen molar-refractivity contribution in [2.75, 3.05) is 10.6 Å². The topological polar surface area (TPSA) is 139 Å².